The van der Waals surface area contributed by atoms with E-state index in [4.69, 9.17) is 23.2 Å². The molecule has 0 saturated carbocycles. The Balaban J connectivity index is 2.31. The molecule has 1 aliphatic heterocycles. The number of carbonyl (C=O) groups excluding carboxylic acids is 2. The van der Waals surface area contributed by atoms with Gasteiger partial charge >= 0.3 is 0 Å². The Kier molecular flexibility index (Phi) is 6.13. The molecule has 1 aromatic carbocycles. The molecule has 0 unspecified atom stereocenters. The molecule has 0 bridgehead atoms. The van der Waals surface area contributed by atoms with Gasteiger partial charge in [0.2, 0.25) is 0 Å². The molecule has 126 valence electrons. The van der Waals surface area contributed by atoms with Gasteiger partial charge in [0.25, 0.3) is 11.8 Å². The number of hydrogen-bond donors (Lipinski definition) is 2. The Bertz CT molecular complexity index is 585. The first-order chi connectivity index (χ1) is 10.9. The summed E-state index contributed by atoms with van der Waals surface area (Å²) < 4.78 is 0. The van der Waals surface area contributed by atoms with Crippen molar-refractivity contribution in [1.82, 2.24) is 5.32 Å². The van der Waals surface area contributed by atoms with E-state index in [1.807, 2.05) is 19.9 Å². The maximum absolute atomic E-state index is 12.5. The van der Waals surface area contributed by atoms with Crippen molar-refractivity contribution in [3.63, 3.8) is 0 Å². The summed E-state index contributed by atoms with van der Waals surface area (Å²) in [7, 11) is 0. The van der Waals surface area contributed by atoms with Crippen molar-refractivity contribution >= 4 is 46.4 Å². The van der Waals surface area contributed by atoms with Crippen LogP contribution in [0, 0.1) is 0 Å². The third-order valence-electron chi connectivity index (χ3n) is 3.57. The zero-order chi connectivity index (χ0) is 17.0. The lowest BCUT2D eigenvalue weighted by Gasteiger charge is -2.22. The molecule has 1 fully saturated rings. The second kappa shape index (κ2) is 7.88. The molecule has 23 heavy (non-hydrogen) atoms. The van der Waals surface area contributed by atoms with Crippen LogP contribution in [0.2, 0.25) is 0 Å². The zero-order valence-corrected chi connectivity index (χ0v) is 14.7. The number of nitrogens with one attached hydrogen (secondary N) is 2. The van der Waals surface area contributed by atoms with Gasteiger partial charge in [0.15, 0.2) is 4.84 Å². The summed E-state index contributed by atoms with van der Waals surface area (Å²) in [4.78, 5) is 25.2. The summed E-state index contributed by atoms with van der Waals surface area (Å²) in [6, 6.07) is 5.31. The molecule has 7 heteroatoms. The van der Waals surface area contributed by atoms with Gasteiger partial charge in [-0.05, 0) is 44.9 Å². The van der Waals surface area contributed by atoms with Crippen LogP contribution in [0.3, 0.4) is 0 Å². The summed E-state index contributed by atoms with van der Waals surface area (Å²) in [6.07, 6.45) is 2.23. The van der Waals surface area contributed by atoms with E-state index in [1.54, 1.807) is 12.1 Å². The quantitative estimate of drug-likeness (QED) is 0.795. The fourth-order valence-corrected chi connectivity index (χ4v) is 2.68. The summed E-state index contributed by atoms with van der Waals surface area (Å²) >= 11 is 11.1. The lowest BCUT2D eigenvalue weighted by Crippen LogP contribution is -2.32. The van der Waals surface area contributed by atoms with Crippen molar-refractivity contribution in [2.45, 2.75) is 37.6 Å². The minimum absolute atomic E-state index is 0.0299. The van der Waals surface area contributed by atoms with Crippen LogP contribution in [0.15, 0.2) is 18.2 Å². The molecular formula is C16H21Cl2N3O2. The average molecular weight is 358 g/mol. The van der Waals surface area contributed by atoms with Crippen molar-refractivity contribution in [3.05, 3.63) is 23.8 Å². The maximum Gasteiger partial charge on any atom is 0.257 e. The third-order valence-corrected chi connectivity index (χ3v) is 3.97. The van der Waals surface area contributed by atoms with Crippen LogP contribution in [0.1, 0.15) is 37.0 Å². The second-order valence-corrected chi connectivity index (χ2v) is 6.94. The van der Waals surface area contributed by atoms with Gasteiger partial charge in [0.1, 0.15) is 0 Å². The number of rotatable bonds is 5. The first-order valence-corrected chi connectivity index (χ1v) is 8.54. The van der Waals surface area contributed by atoms with Gasteiger partial charge in [-0.2, -0.15) is 0 Å². The summed E-state index contributed by atoms with van der Waals surface area (Å²) in [5, 5.41) is 5.50. The van der Waals surface area contributed by atoms with E-state index in [9.17, 15) is 9.59 Å². The van der Waals surface area contributed by atoms with Gasteiger partial charge in [-0.25, -0.2) is 0 Å². The van der Waals surface area contributed by atoms with Gasteiger partial charge in [0, 0.05) is 30.5 Å². The molecule has 0 aliphatic carbocycles. The highest BCUT2D eigenvalue weighted by molar-refractivity contribution is 6.54. The van der Waals surface area contributed by atoms with Crippen molar-refractivity contribution in [3.8, 4) is 0 Å². The lowest BCUT2D eigenvalue weighted by molar-refractivity contribution is -0.114. The summed E-state index contributed by atoms with van der Waals surface area (Å²) in [5.74, 6) is -0.677. The number of anilines is 2. The van der Waals surface area contributed by atoms with Crippen molar-refractivity contribution < 1.29 is 9.59 Å². The highest BCUT2D eigenvalue weighted by Gasteiger charge is 2.21. The van der Waals surface area contributed by atoms with Crippen molar-refractivity contribution in [2.75, 3.05) is 23.3 Å². The molecule has 2 N–H and O–H groups in total. The molecule has 1 aliphatic rings. The number of alkyl halides is 2. The standard InChI is InChI=1S/C16H21Cl2N3O2/c1-10(2)19-15(22)12-9-11(20-16(23)14(17)18)5-6-13(12)21-7-3-4-8-21/h5-6,9-10,14H,3-4,7-8H2,1-2H3,(H,19,22)(H,20,23). The maximum atomic E-state index is 12.5. The van der Waals surface area contributed by atoms with Crippen LogP contribution in [-0.2, 0) is 4.79 Å². The van der Waals surface area contributed by atoms with Crippen LogP contribution in [0.25, 0.3) is 0 Å². The normalized spacial score (nSPS) is 14.4. The Morgan fingerprint density at radius 3 is 2.39 bits per heavy atom. The predicted octanol–water partition coefficient (Wildman–Crippen LogP) is 3.17. The molecule has 5 nitrogen and oxygen atoms in total. The smallest absolute Gasteiger partial charge is 0.257 e. The lowest BCUT2D eigenvalue weighted by atomic mass is 10.1. The molecule has 1 saturated heterocycles. The monoisotopic (exact) mass is 357 g/mol. The molecule has 0 spiro atoms. The Morgan fingerprint density at radius 1 is 1.17 bits per heavy atom. The van der Waals surface area contributed by atoms with Crippen LogP contribution in [0.5, 0.6) is 0 Å². The first-order valence-electron chi connectivity index (χ1n) is 7.67. The molecular weight excluding hydrogens is 337 g/mol. The molecule has 1 aromatic rings. The van der Waals surface area contributed by atoms with Gasteiger partial charge in [-0.15, -0.1) is 0 Å². The van der Waals surface area contributed by atoms with E-state index in [0.717, 1.165) is 31.6 Å². The van der Waals surface area contributed by atoms with E-state index in [1.165, 1.54) is 0 Å². The Hall–Kier alpha value is -1.46. The van der Waals surface area contributed by atoms with E-state index in [-0.39, 0.29) is 11.9 Å². The van der Waals surface area contributed by atoms with Crippen molar-refractivity contribution in [1.29, 1.82) is 0 Å². The van der Waals surface area contributed by atoms with Gasteiger partial charge in [-0.1, -0.05) is 23.2 Å². The van der Waals surface area contributed by atoms with Gasteiger partial charge < -0.3 is 15.5 Å². The van der Waals surface area contributed by atoms with Gasteiger partial charge in [0.05, 0.1) is 5.56 Å². The fourth-order valence-electron chi connectivity index (χ4n) is 2.57. The van der Waals surface area contributed by atoms with Crippen LogP contribution < -0.4 is 15.5 Å². The van der Waals surface area contributed by atoms with E-state index in [2.05, 4.69) is 15.5 Å². The molecule has 0 atom stereocenters. The Morgan fingerprint density at radius 2 is 1.83 bits per heavy atom. The predicted molar refractivity (Wildman–Crippen MR) is 94.6 cm³/mol. The van der Waals surface area contributed by atoms with Crippen molar-refractivity contribution in [2.24, 2.45) is 0 Å². The number of nitrogens with zero attached hydrogens (tertiary/aromatic N) is 1. The molecule has 1 heterocycles. The highest BCUT2D eigenvalue weighted by atomic mass is 35.5. The van der Waals surface area contributed by atoms with Gasteiger partial charge in [-0.3, -0.25) is 9.59 Å². The molecule has 2 rings (SSSR count). The second-order valence-electron chi connectivity index (χ2n) is 5.84. The minimum Gasteiger partial charge on any atom is -0.371 e. The number of carbonyl (C=O) groups is 2. The first kappa shape index (κ1) is 17.9. The van der Waals surface area contributed by atoms with Crippen LogP contribution in [-0.4, -0.2) is 35.8 Å². The molecule has 0 aromatic heterocycles. The summed E-state index contributed by atoms with van der Waals surface area (Å²) in [5.41, 5.74) is 1.92. The Labute approximate surface area is 146 Å². The summed E-state index contributed by atoms with van der Waals surface area (Å²) in [6.45, 7) is 5.67. The number of benzene rings is 1. The van der Waals surface area contributed by atoms with E-state index in [0.29, 0.717) is 11.3 Å². The number of halogens is 2. The number of hydrogen-bond acceptors (Lipinski definition) is 3. The average Bonchev–Trinajstić information content (AvgIpc) is 3.00. The minimum atomic E-state index is -1.15. The SMILES string of the molecule is CC(C)NC(=O)c1cc(NC(=O)C(Cl)Cl)ccc1N1CCCC1. The van der Waals surface area contributed by atoms with Crippen LogP contribution in [0.4, 0.5) is 11.4 Å². The zero-order valence-electron chi connectivity index (χ0n) is 13.2. The molecule has 2 amide bonds. The highest BCUT2D eigenvalue weighted by Crippen LogP contribution is 2.28. The molecule has 0 radical (unpaired) electrons. The van der Waals surface area contributed by atoms with Crippen LogP contribution >= 0.6 is 23.2 Å². The topological polar surface area (TPSA) is 61.4 Å². The van der Waals surface area contributed by atoms with E-state index >= 15 is 0 Å². The number of amides is 2. The fraction of sp³-hybridized carbons (Fsp3) is 0.500. The largest absolute Gasteiger partial charge is 0.371 e. The third kappa shape index (κ3) is 4.75. The van der Waals surface area contributed by atoms with E-state index < -0.39 is 10.7 Å².